The Labute approximate surface area is 198 Å². The summed E-state index contributed by atoms with van der Waals surface area (Å²) in [5.74, 6) is 0.186. The number of anilines is 1. The van der Waals surface area contributed by atoms with Crippen LogP contribution >= 0.6 is 0 Å². The minimum atomic E-state index is -0.428. The Morgan fingerprint density at radius 3 is 2.35 bits per heavy atom. The Kier molecular flexibility index (Phi) is 7.94. The van der Waals surface area contributed by atoms with E-state index in [1.165, 1.54) is 14.2 Å². The van der Waals surface area contributed by atoms with Crippen molar-refractivity contribution >= 4 is 23.5 Å². The number of nitrogens with one attached hydrogen (secondary N) is 1. The zero-order chi connectivity index (χ0) is 24.8. The van der Waals surface area contributed by atoms with E-state index in [1.54, 1.807) is 31.4 Å². The third-order valence-electron chi connectivity index (χ3n) is 5.82. The molecule has 0 atom stereocenters. The summed E-state index contributed by atoms with van der Waals surface area (Å²) in [7, 11) is 4.44. The van der Waals surface area contributed by atoms with Crippen LogP contribution < -0.4 is 14.8 Å². The lowest BCUT2D eigenvalue weighted by molar-refractivity contribution is -0.116. The molecule has 0 aromatic heterocycles. The summed E-state index contributed by atoms with van der Waals surface area (Å²) >= 11 is 0. The second-order valence-corrected chi connectivity index (χ2v) is 7.97. The van der Waals surface area contributed by atoms with Crippen molar-refractivity contribution in [2.75, 3.05) is 26.6 Å². The smallest absolute Gasteiger partial charge is 0.342 e. The van der Waals surface area contributed by atoms with Crippen LogP contribution in [0.2, 0.25) is 0 Å². The maximum Gasteiger partial charge on any atom is 0.342 e. The van der Waals surface area contributed by atoms with Gasteiger partial charge in [-0.25, -0.2) is 9.59 Å². The van der Waals surface area contributed by atoms with Gasteiger partial charge in [0, 0.05) is 23.2 Å². The van der Waals surface area contributed by atoms with E-state index in [1.807, 2.05) is 19.9 Å². The summed E-state index contributed by atoms with van der Waals surface area (Å²) in [4.78, 5) is 36.1. The predicted octanol–water partition coefficient (Wildman–Crippen LogP) is 4.38. The van der Waals surface area contributed by atoms with Crippen LogP contribution in [0.1, 0.15) is 57.2 Å². The van der Waals surface area contributed by atoms with Gasteiger partial charge in [-0.3, -0.25) is 4.79 Å². The third kappa shape index (κ3) is 5.22. The Morgan fingerprint density at radius 2 is 1.74 bits per heavy atom. The fourth-order valence-corrected chi connectivity index (χ4v) is 3.96. The van der Waals surface area contributed by atoms with Crippen LogP contribution in [0.4, 0.5) is 5.69 Å². The Hall–Kier alpha value is -3.81. The number of allylic oxidation sites excluding steroid dienone is 2. The molecular weight excluding hydrogens is 438 g/mol. The second-order valence-electron chi connectivity index (χ2n) is 7.97. The first kappa shape index (κ1) is 24.8. The van der Waals surface area contributed by atoms with Gasteiger partial charge in [-0.05, 0) is 56.5 Å². The van der Waals surface area contributed by atoms with Gasteiger partial charge in [0.1, 0.15) is 23.7 Å². The number of hydrogen-bond acceptors (Lipinski definition) is 7. The van der Waals surface area contributed by atoms with Crippen molar-refractivity contribution in [3.8, 4) is 11.5 Å². The fraction of sp³-hybridized carbons (Fsp3) is 0.346. The standard InChI is InChI=1S/C26H29NO7/c1-15(7-13-21(28)27-18-10-8-17(9-11-18)25(29)33-5)6-12-19-23(31-3)16(2)20-14-34-26(30)22(20)24(19)32-4/h6,8-11H,7,12-14H2,1-5H3,(H,27,28). The van der Waals surface area contributed by atoms with Crippen LogP contribution in [-0.4, -0.2) is 39.2 Å². The van der Waals surface area contributed by atoms with Crippen molar-refractivity contribution in [2.24, 2.45) is 0 Å². The van der Waals surface area contributed by atoms with Gasteiger partial charge in [-0.2, -0.15) is 0 Å². The molecule has 0 saturated heterocycles. The number of carbonyl (C=O) groups excluding carboxylic acids is 3. The number of carbonyl (C=O) groups is 3. The van der Waals surface area contributed by atoms with Gasteiger partial charge in [-0.1, -0.05) is 11.6 Å². The molecule has 180 valence electrons. The largest absolute Gasteiger partial charge is 0.496 e. The second kappa shape index (κ2) is 10.9. The Bertz CT molecular complexity index is 1130. The molecule has 0 unspecified atom stereocenters. The topological polar surface area (TPSA) is 100 Å². The molecule has 8 nitrogen and oxygen atoms in total. The fourth-order valence-electron chi connectivity index (χ4n) is 3.96. The van der Waals surface area contributed by atoms with Gasteiger partial charge in [-0.15, -0.1) is 0 Å². The molecule has 1 N–H and O–H groups in total. The maximum atomic E-state index is 12.4. The lowest BCUT2D eigenvalue weighted by Crippen LogP contribution is -2.11. The summed E-state index contributed by atoms with van der Waals surface area (Å²) < 4.78 is 21.1. The van der Waals surface area contributed by atoms with Crippen molar-refractivity contribution in [3.05, 3.63) is 63.7 Å². The highest BCUT2D eigenvalue weighted by Crippen LogP contribution is 2.42. The first-order valence-corrected chi connectivity index (χ1v) is 10.9. The van der Waals surface area contributed by atoms with E-state index in [-0.39, 0.29) is 12.5 Å². The molecule has 0 saturated carbocycles. The molecule has 0 bridgehead atoms. The lowest BCUT2D eigenvalue weighted by Gasteiger charge is -2.18. The monoisotopic (exact) mass is 467 g/mol. The summed E-state index contributed by atoms with van der Waals surface area (Å²) in [6.45, 7) is 4.06. The molecule has 34 heavy (non-hydrogen) atoms. The normalized spacial score (nSPS) is 12.6. The first-order valence-electron chi connectivity index (χ1n) is 10.9. The molecular formula is C26H29NO7. The average molecular weight is 468 g/mol. The molecule has 1 heterocycles. The minimum Gasteiger partial charge on any atom is -0.496 e. The summed E-state index contributed by atoms with van der Waals surface area (Å²) in [5, 5.41) is 2.82. The van der Waals surface area contributed by atoms with Crippen LogP contribution in [0.3, 0.4) is 0 Å². The number of amides is 1. The molecule has 0 aliphatic carbocycles. The van der Waals surface area contributed by atoms with Gasteiger partial charge >= 0.3 is 11.9 Å². The van der Waals surface area contributed by atoms with Crippen molar-refractivity contribution in [1.82, 2.24) is 0 Å². The number of rotatable bonds is 9. The van der Waals surface area contributed by atoms with Crippen LogP contribution in [0, 0.1) is 6.92 Å². The molecule has 1 amide bonds. The summed E-state index contributed by atoms with van der Waals surface area (Å²) in [6, 6.07) is 6.52. The molecule has 2 aromatic carbocycles. The number of methoxy groups -OCH3 is 3. The molecule has 1 aliphatic rings. The highest BCUT2D eigenvalue weighted by atomic mass is 16.5. The van der Waals surface area contributed by atoms with E-state index >= 15 is 0 Å². The van der Waals surface area contributed by atoms with Crippen molar-refractivity contribution in [1.29, 1.82) is 0 Å². The maximum absolute atomic E-state index is 12.4. The number of cyclic esters (lactones) is 1. The zero-order valence-corrected chi connectivity index (χ0v) is 20.1. The lowest BCUT2D eigenvalue weighted by atomic mass is 9.94. The van der Waals surface area contributed by atoms with E-state index in [0.717, 1.165) is 22.3 Å². The molecule has 1 aliphatic heterocycles. The van der Waals surface area contributed by atoms with E-state index < -0.39 is 11.9 Å². The zero-order valence-electron chi connectivity index (χ0n) is 20.1. The highest BCUT2D eigenvalue weighted by molar-refractivity contribution is 5.98. The van der Waals surface area contributed by atoms with Gasteiger partial charge in [0.15, 0.2) is 0 Å². The van der Waals surface area contributed by atoms with E-state index in [0.29, 0.717) is 47.6 Å². The minimum absolute atomic E-state index is 0.134. The van der Waals surface area contributed by atoms with Gasteiger partial charge in [0.2, 0.25) is 5.91 Å². The number of fused-ring (bicyclic) bond motifs is 1. The molecule has 8 heteroatoms. The van der Waals surface area contributed by atoms with Gasteiger partial charge in [0.05, 0.1) is 26.9 Å². The van der Waals surface area contributed by atoms with E-state index in [4.69, 9.17) is 14.2 Å². The van der Waals surface area contributed by atoms with Crippen LogP contribution in [0.15, 0.2) is 35.9 Å². The first-order chi connectivity index (χ1) is 16.3. The molecule has 0 spiro atoms. The van der Waals surface area contributed by atoms with E-state index in [2.05, 4.69) is 10.1 Å². The summed E-state index contributed by atoms with van der Waals surface area (Å²) in [5.41, 5.74) is 4.92. The number of hydrogen-bond donors (Lipinski definition) is 1. The quantitative estimate of drug-likeness (QED) is 0.432. The van der Waals surface area contributed by atoms with Gasteiger partial charge < -0.3 is 24.3 Å². The number of benzene rings is 2. The number of ether oxygens (including phenoxy) is 4. The van der Waals surface area contributed by atoms with Crippen molar-refractivity contribution in [3.63, 3.8) is 0 Å². The molecule has 3 rings (SSSR count). The van der Waals surface area contributed by atoms with Crippen LogP contribution in [-0.2, 0) is 27.3 Å². The van der Waals surface area contributed by atoms with Gasteiger partial charge in [0.25, 0.3) is 0 Å². The van der Waals surface area contributed by atoms with Crippen molar-refractivity contribution in [2.45, 2.75) is 39.7 Å². The average Bonchev–Trinajstić information content (AvgIpc) is 3.23. The molecule has 0 fully saturated rings. The SMILES string of the molecule is COC(=O)c1ccc(NC(=O)CCC(C)=CCc2c(OC)c(C)c3c(c2OC)C(=O)OC3)cc1. The van der Waals surface area contributed by atoms with E-state index in [9.17, 15) is 14.4 Å². The Morgan fingerprint density at radius 1 is 1.06 bits per heavy atom. The van der Waals surface area contributed by atoms with Crippen LogP contribution in [0.25, 0.3) is 0 Å². The predicted molar refractivity (Wildman–Crippen MR) is 127 cm³/mol. The van der Waals surface area contributed by atoms with Crippen LogP contribution in [0.5, 0.6) is 11.5 Å². The Balaban J connectivity index is 1.66. The summed E-state index contributed by atoms with van der Waals surface area (Å²) in [6.07, 6.45) is 3.34. The van der Waals surface area contributed by atoms with Crippen molar-refractivity contribution < 1.29 is 33.3 Å². The number of esters is 2. The molecule has 2 aromatic rings. The third-order valence-corrected chi connectivity index (χ3v) is 5.82. The highest BCUT2D eigenvalue weighted by Gasteiger charge is 2.32. The molecule has 0 radical (unpaired) electrons.